The molecule has 3 heterocycles. The van der Waals surface area contributed by atoms with E-state index in [4.69, 9.17) is 10.5 Å². The molecule has 0 bridgehead atoms. The zero-order valence-corrected chi connectivity index (χ0v) is 15.1. The van der Waals surface area contributed by atoms with Crippen LogP contribution < -0.4 is 10.5 Å². The van der Waals surface area contributed by atoms with Crippen molar-refractivity contribution in [2.45, 2.75) is 25.4 Å². The lowest BCUT2D eigenvalue weighted by atomic mass is 9.99. The fraction of sp³-hybridized carbons (Fsp3) is 0.333. The van der Waals surface area contributed by atoms with Crippen LogP contribution in [0.5, 0.6) is 5.88 Å². The summed E-state index contributed by atoms with van der Waals surface area (Å²) in [5, 5.41) is 2.35. The van der Waals surface area contributed by atoms with Gasteiger partial charge in [0.25, 0.3) is 0 Å². The molecule has 5 nitrogen and oxygen atoms in total. The summed E-state index contributed by atoms with van der Waals surface area (Å²) >= 11 is 0. The number of fused-ring (bicyclic) bond motifs is 1. The van der Waals surface area contributed by atoms with Crippen LogP contribution in [0.25, 0.3) is 21.9 Å². The first-order valence-corrected chi connectivity index (χ1v) is 9.08. The van der Waals surface area contributed by atoms with Gasteiger partial charge in [-0.1, -0.05) is 12.1 Å². The van der Waals surface area contributed by atoms with Crippen molar-refractivity contribution in [3.8, 4) is 17.0 Å². The molecule has 0 unspecified atom stereocenters. The Morgan fingerprint density at radius 3 is 2.69 bits per heavy atom. The second-order valence-electron chi connectivity index (χ2n) is 6.95. The number of pyridine rings is 2. The number of hydrogen-bond donors (Lipinski definition) is 1. The molecule has 0 amide bonds. The van der Waals surface area contributed by atoms with E-state index in [-0.39, 0.29) is 0 Å². The Kier molecular flexibility index (Phi) is 4.82. The van der Waals surface area contributed by atoms with Crippen molar-refractivity contribution in [2.75, 3.05) is 20.2 Å². The molecule has 3 aromatic rings. The highest BCUT2D eigenvalue weighted by atomic mass is 16.5. The van der Waals surface area contributed by atoms with Gasteiger partial charge in [0.15, 0.2) is 0 Å². The van der Waals surface area contributed by atoms with Crippen LogP contribution in [0.3, 0.4) is 0 Å². The number of rotatable bonds is 4. The number of piperidine rings is 1. The average Bonchev–Trinajstić information content (AvgIpc) is 2.69. The van der Waals surface area contributed by atoms with Gasteiger partial charge in [-0.15, -0.1) is 0 Å². The molecule has 0 saturated carbocycles. The molecule has 1 fully saturated rings. The van der Waals surface area contributed by atoms with E-state index in [2.05, 4.69) is 33.1 Å². The van der Waals surface area contributed by atoms with E-state index < -0.39 is 0 Å². The molecule has 1 aliphatic rings. The highest BCUT2D eigenvalue weighted by Crippen LogP contribution is 2.29. The van der Waals surface area contributed by atoms with Crippen molar-refractivity contribution in [1.82, 2.24) is 14.9 Å². The maximum Gasteiger partial charge on any atom is 0.212 e. The van der Waals surface area contributed by atoms with Crippen molar-refractivity contribution in [3.05, 3.63) is 54.5 Å². The molecule has 2 N–H and O–H groups in total. The van der Waals surface area contributed by atoms with Crippen molar-refractivity contribution in [2.24, 2.45) is 5.73 Å². The summed E-state index contributed by atoms with van der Waals surface area (Å²) in [4.78, 5) is 11.2. The third-order valence-corrected chi connectivity index (χ3v) is 5.12. The average molecular weight is 348 g/mol. The normalized spacial score (nSPS) is 16.1. The van der Waals surface area contributed by atoms with Crippen LogP contribution >= 0.6 is 0 Å². The summed E-state index contributed by atoms with van der Waals surface area (Å²) in [6, 6.07) is 10.9. The summed E-state index contributed by atoms with van der Waals surface area (Å²) in [7, 11) is 1.63. The predicted octanol–water partition coefficient (Wildman–Crippen LogP) is 3.23. The highest BCUT2D eigenvalue weighted by Gasteiger charge is 2.16. The van der Waals surface area contributed by atoms with E-state index in [1.165, 1.54) is 10.9 Å². The van der Waals surface area contributed by atoms with Gasteiger partial charge in [-0.25, -0.2) is 4.98 Å². The lowest BCUT2D eigenvalue weighted by Crippen LogP contribution is -2.39. The smallest absolute Gasteiger partial charge is 0.212 e. The Bertz CT molecular complexity index is 886. The Morgan fingerprint density at radius 2 is 1.96 bits per heavy atom. The summed E-state index contributed by atoms with van der Waals surface area (Å²) in [6.07, 6.45) is 7.84. The standard InChI is InChI=1S/C21H24N4O/c1-26-21-5-4-17(12-24-21)20-13-23-11-16-3-2-15(10-19(16)20)14-25-8-6-18(22)7-9-25/h2-5,10-13,18H,6-9,14,22H2,1H3. The zero-order chi connectivity index (χ0) is 17.9. The largest absolute Gasteiger partial charge is 0.481 e. The van der Waals surface area contributed by atoms with Crippen molar-refractivity contribution in [1.29, 1.82) is 0 Å². The fourth-order valence-corrected chi connectivity index (χ4v) is 3.57. The minimum absolute atomic E-state index is 0.364. The van der Waals surface area contributed by atoms with E-state index in [9.17, 15) is 0 Å². The number of nitrogens with two attached hydrogens (primary N) is 1. The van der Waals surface area contributed by atoms with E-state index in [0.29, 0.717) is 11.9 Å². The summed E-state index contributed by atoms with van der Waals surface area (Å²) < 4.78 is 5.16. The van der Waals surface area contributed by atoms with Crippen LogP contribution in [0.1, 0.15) is 18.4 Å². The van der Waals surface area contributed by atoms with Gasteiger partial charge in [0.1, 0.15) is 0 Å². The lowest BCUT2D eigenvalue weighted by molar-refractivity contribution is 0.206. The highest BCUT2D eigenvalue weighted by molar-refractivity contribution is 5.96. The number of likely N-dealkylation sites (tertiary alicyclic amines) is 1. The lowest BCUT2D eigenvalue weighted by Gasteiger charge is -2.30. The summed E-state index contributed by atoms with van der Waals surface area (Å²) in [6.45, 7) is 3.11. The van der Waals surface area contributed by atoms with E-state index in [1.54, 1.807) is 7.11 Å². The first-order chi connectivity index (χ1) is 12.7. The van der Waals surface area contributed by atoms with Crippen molar-refractivity contribution in [3.63, 3.8) is 0 Å². The predicted molar refractivity (Wildman–Crippen MR) is 104 cm³/mol. The SMILES string of the molecule is COc1ccc(-c2cncc3ccc(CN4CCC(N)CC4)cc23)cn1. The third kappa shape index (κ3) is 3.54. The molecule has 0 atom stereocenters. The molecular weight excluding hydrogens is 324 g/mol. The molecule has 0 aliphatic carbocycles. The van der Waals surface area contributed by atoms with Gasteiger partial charge >= 0.3 is 0 Å². The minimum Gasteiger partial charge on any atom is -0.481 e. The molecule has 1 aliphatic heterocycles. The molecule has 0 spiro atoms. The Balaban J connectivity index is 1.65. The number of hydrogen-bond acceptors (Lipinski definition) is 5. The molecule has 5 heteroatoms. The van der Waals surface area contributed by atoms with Crippen LogP contribution in [0.2, 0.25) is 0 Å². The summed E-state index contributed by atoms with van der Waals surface area (Å²) in [5.41, 5.74) is 9.49. The van der Waals surface area contributed by atoms with Crippen LogP contribution in [-0.2, 0) is 6.54 Å². The fourth-order valence-electron chi connectivity index (χ4n) is 3.57. The van der Waals surface area contributed by atoms with Crippen molar-refractivity contribution < 1.29 is 4.74 Å². The Labute approximate surface area is 153 Å². The van der Waals surface area contributed by atoms with Crippen molar-refractivity contribution >= 4 is 10.8 Å². The van der Waals surface area contributed by atoms with Gasteiger partial charge in [0.05, 0.1) is 7.11 Å². The molecule has 4 rings (SSSR count). The van der Waals surface area contributed by atoms with Gasteiger partial charge in [0.2, 0.25) is 5.88 Å². The molecule has 1 saturated heterocycles. The molecule has 0 radical (unpaired) electrons. The second kappa shape index (κ2) is 7.40. The number of ether oxygens (including phenoxy) is 1. The molecule has 1 aromatic carbocycles. The van der Waals surface area contributed by atoms with E-state index in [1.807, 2.05) is 30.7 Å². The molecule has 134 valence electrons. The number of benzene rings is 1. The van der Waals surface area contributed by atoms with Gasteiger partial charge in [0, 0.05) is 53.8 Å². The number of aromatic nitrogens is 2. The van der Waals surface area contributed by atoms with Gasteiger partial charge in [-0.05, 0) is 49.0 Å². The topological polar surface area (TPSA) is 64.3 Å². The quantitative estimate of drug-likeness (QED) is 0.784. The van der Waals surface area contributed by atoms with Crippen LogP contribution in [-0.4, -0.2) is 41.1 Å². The van der Waals surface area contributed by atoms with Gasteiger partial charge in [-0.2, -0.15) is 0 Å². The van der Waals surface area contributed by atoms with E-state index >= 15 is 0 Å². The van der Waals surface area contributed by atoms with Crippen LogP contribution in [0, 0.1) is 0 Å². The first-order valence-electron chi connectivity index (χ1n) is 9.08. The minimum atomic E-state index is 0.364. The summed E-state index contributed by atoms with van der Waals surface area (Å²) in [5.74, 6) is 0.617. The number of nitrogens with zero attached hydrogens (tertiary/aromatic N) is 3. The van der Waals surface area contributed by atoms with Gasteiger partial charge in [-0.3, -0.25) is 9.88 Å². The van der Waals surface area contributed by atoms with Gasteiger partial charge < -0.3 is 10.5 Å². The maximum absolute atomic E-state index is 6.02. The second-order valence-corrected chi connectivity index (χ2v) is 6.95. The molecule has 2 aromatic heterocycles. The molecule has 26 heavy (non-hydrogen) atoms. The third-order valence-electron chi connectivity index (χ3n) is 5.12. The monoisotopic (exact) mass is 348 g/mol. The van der Waals surface area contributed by atoms with E-state index in [0.717, 1.165) is 49.0 Å². The maximum atomic E-state index is 6.02. The van der Waals surface area contributed by atoms with Crippen LogP contribution in [0.15, 0.2) is 48.9 Å². The number of methoxy groups -OCH3 is 1. The Hall–Kier alpha value is -2.50. The zero-order valence-electron chi connectivity index (χ0n) is 15.1. The first kappa shape index (κ1) is 16.9. The molecular formula is C21H24N4O. The van der Waals surface area contributed by atoms with Crippen LogP contribution in [0.4, 0.5) is 0 Å². The Morgan fingerprint density at radius 1 is 1.12 bits per heavy atom.